The molecular formula is C16H23NO. The molecule has 0 aliphatic heterocycles. The lowest BCUT2D eigenvalue weighted by Gasteiger charge is -2.26. The molecule has 2 heteroatoms. The molecule has 0 atom stereocenters. The Morgan fingerprint density at radius 2 is 1.67 bits per heavy atom. The summed E-state index contributed by atoms with van der Waals surface area (Å²) >= 11 is 0. The lowest BCUT2D eigenvalue weighted by Crippen LogP contribution is -2.27. The number of Topliss-reactive ketones (excluding diaryl/α,β-unsaturated/α-hetero) is 1. The molecule has 0 radical (unpaired) electrons. The van der Waals surface area contributed by atoms with Crippen LogP contribution >= 0.6 is 0 Å². The van der Waals surface area contributed by atoms with Gasteiger partial charge in [-0.3, -0.25) is 4.79 Å². The van der Waals surface area contributed by atoms with Gasteiger partial charge < -0.3 is 5.32 Å². The van der Waals surface area contributed by atoms with Crippen LogP contribution in [0.15, 0.2) is 18.2 Å². The first-order chi connectivity index (χ1) is 8.74. The Morgan fingerprint density at radius 3 is 2.17 bits per heavy atom. The van der Waals surface area contributed by atoms with E-state index in [1.54, 1.807) is 0 Å². The van der Waals surface area contributed by atoms with Gasteiger partial charge in [-0.15, -0.1) is 0 Å². The summed E-state index contributed by atoms with van der Waals surface area (Å²) in [5.41, 5.74) is 4.11. The molecule has 1 aliphatic carbocycles. The van der Waals surface area contributed by atoms with Crippen molar-refractivity contribution in [2.75, 3.05) is 5.32 Å². The van der Waals surface area contributed by atoms with Crippen molar-refractivity contribution in [3.8, 4) is 0 Å². The maximum atomic E-state index is 11.3. The minimum atomic E-state index is 0.424. The number of carbonyl (C=O) groups is 1. The Kier molecular flexibility index (Phi) is 4.40. The van der Waals surface area contributed by atoms with Gasteiger partial charge in [0.1, 0.15) is 5.78 Å². The predicted octanol–water partition coefficient (Wildman–Crippen LogP) is 3.74. The van der Waals surface area contributed by atoms with Crippen LogP contribution in [-0.4, -0.2) is 11.8 Å². The number of rotatable bonds is 4. The third kappa shape index (κ3) is 2.92. The van der Waals surface area contributed by atoms with Crippen LogP contribution in [0.25, 0.3) is 0 Å². The number of anilines is 1. The van der Waals surface area contributed by atoms with Gasteiger partial charge in [-0.1, -0.05) is 32.0 Å². The lowest BCUT2D eigenvalue weighted by molar-refractivity contribution is -0.120. The minimum Gasteiger partial charge on any atom is -0.382 e. The Bertz CT molecular complexity index is 393. The molecule has 0 amide bonds. The van der Waals surface area contributed by atoms with Crippen molar-refractivity contribution in [1.29, 1.82) is 0 Å². The molecule has 2 nitrogen and oxygen atoms in total. The van der Waals surface area contributed by atoms with Crippen LogP contribution in [0.2, 0.25) is 0 Å². The molecule has 2 rings (SSSR count). The molecule has 1 N–H and O–H groups in total. The largest absolute Gasteiger partial charge is 0.382 e. The molecule has 1 aromatic carbocycles. The van der Waals surface area contributed by atoms with Gasteiger partial charge in [-0.25, -0.2) is 0 Å². The van der Waals surface area contributed by atoms with E-state index in [2.05, 4.69) is 37.4 Å². The molecule has 0 aromatic heterocycles. The van der Waals surface area contributed by atoms with E-state index < -0.39 is 0 Å². The number of hydrogen-bond donors (Lipinski definition) is 1. The summed E-state index contributed by atoms with van der Waals surface area (Å²) in [7, 11) is 0. The fourth-order valence-corrected chi connectivity index (χ4v) is 2.72. The highest BCUT2D eigenvalue weighted by Gasteiger charge is 2.19. The normalized spacial score (nSPS) is 16.9. The molecular weight excluding hydrogens is 222 g/mol. The Balaban J connectivity index is 2.14. The van der Waals surface area contributed by atoms with Gasteiger partial charge in [0, 0.05) is 24.6 Å². The van der Waals surface area contributed by atoms with Crippen molar-refractivity contribution in [3.63, 3.8) is 0 Å². The average molecular weight is 245 g/mol. The van der Waals surface area contributed by atoms with Gasteiger partial charge in [0.15, 0.2) is 0 Å². The van der Waals surface area contributed by atoms with Gasteiger partial charge in [0.2, 0.25) is 0 Å². The van der Waals surface area contributed by atoms with E-state index in [4.69, 9.17) is 0 Å². The van der Waals surface area contributed by atoms with E-state index in [1.165, 1.54) is 16.8 Å². The van der Waals surface area contributed by atoms with E-state index in [9.17, 15) is 4.79 Å². The zero-order chi connectivity index (χ0) is 13.0. The summed E-state index contributed by atoms with van der Waals surface area (Å²) in [5, 5.41) is 3.69. The van der Waals surface area contributed by atoms with Crippen molar-refractivity contribution in [2.24, 2.45) is 0 Å². The molecule has 0 heterocycles. The zero-order valence-corrected chi connectivity index (χ0v) is 11.5. The summed E-state index contributed by atoms with van der Waals surface area (Å²) in [4.78, 5) is 11.3. The monoisotopic (exact) mass is 245 g/mol. The van der Waals surface area contributed by atoms with Crippen LogP contribution in [0.3, 0.4) is 0 Å². The topological polar surface area (TPSA) is 29.1 Å². The van der Waals surface area contributed by atoms with E-state index >= 15 is 0 Å². The summed E-state index contributed by atoms with van der Waals surface area (Å²) < 4.78 is 0. The van der Waals surface area contributed by atoms with Crippen LogP contribution in [0, 0.1) is 0 Å². The summed E-state index contributed by atoms with van der Waals surface area (Å²) in [5.74, 6) is 0.424. The standard InChI is InChI=1S/C16H23NO/c1-3-12-6-5-7-13(4-2)16(12)17-14-8-10-15(18)11-9-14/h5-7,14,17H,3-4,8-11H2,1-2H3. The van der Waals surface area contributed by atoms with Crippen molar-refractivity contribution >= 4 is 11.5 Å². The highest BCUT2D eigenvalue weighted by Crippen LogP contribution is 2.26. The second kappa shape index (κ2) is 6.03. The molecule has 0 spiro atoms. The third-order valence-electron chi connectivity index (χ3n) is 3.89. The third-order valence-corrected chi connectivity index (χ3v) is 3.89. The SMILES string of the molecule is CCc1cccc(CC)c1NC1CCC(=O)CC1. The first-order valence-electron chi connectivity index (χ1n) is 7.13. The number of carbonyl (C=O) groups excluding carboxylic acids is 1. The molecule has 98 valence electrons. The number of para-hydroxylation sites is 1. The lowest BCUT2D eigenvalue weighted by atomic mass is 9.93. The van der Waals surface area contributed by atoms with Crippen LogP contribution < -0.4 is 5.32 Å². The summed E-state index contributed by atoms with van der Waals surface area (Å²) in [6, 6.07) is 7.03. The molecule has 0 saturated heterocycles. The van der Waals surface area contributed by atoms with Gasteiger partial charge in [-0.2, -0.15) is 0 Å². The number of benzene rings is 1. The Labute approximate surface area is 110 Å². The fourth-order valence-electron chi connectivity index (χ4n) is 2.72. The van der Waals surface area contributed by atoms with Gasteiger partial charge >= 0.3 is 0 Å². The highest BCUT2D eigenvalue weighted by atomic mass is 16.1. The van der Waals surface area contributed by atoms with Crippen molar-refractivity contribution in [1.82, 2.24) is 0 Å². The minimum absolute atomic E-state index is 0.424. The predicted molar refractivity (Wildman–Crippen MR) is 76.1 cm³/mol. The maximum absolute atomic E-state index is 11.3. The average Bonchev–Trinajstić information content (AvgIpc) is 2.41. The smallest absolute Gasteiger partial charge is 0.133 e. The van der Waals surface area contributed by atoms with Crippen molar-refractivity contribution < 1.29 is 4.79 Å². The first-order valence-corrected chi connectivity index (χ1v) is 7.13. The van der Waals surface area contributed by atoms with Crippen molar-refractivity contribution in [3.05, 3.63) is 29.3 Å². The van der Waals surface area contributed by atoms with Gasteiger partial charge in [-0.05, 0) is 36.8 Å². The molecule has 1 saturated carbocycles. The fraction of sp³-hybridized carbons (Fsp3) is 0.562. The summed E-state index contributed by atoms with van der Waals surface area (Å²) in [6.07, 6.45) is 5.57. The second-order valence-corrected chi connectivity index (χ2v) is 5.12. The quantitative estimate of drug-likeness (QED) is 0.875. The molecule has 1 aliphatic rings. The number of hydrogen-bond acceptors (Lipinski definition) is 2. The van der Waals surface area contributed by atoms with E-state index in [0.717, 1.165) is 38.5 Å². The number of nitrogens with one attached hydrogen (secondary N) is 1. The molecule has 0 bridgehead atoms. The molecule has 18 heavy (non-hydrogen) atoms. The van der Waals surface area contributed by atoms with Crippen LogP contribution in [0.5, 0.6) is 0 Å². The Hall–Kier alpha value is -1.31. The first kappa shape index (κ1) is 13.1. The van der Waals surface area contributed by atoms with E-state index in [1.807, 2.05) is 0 Å². The Morgan fingerprint density at radius 1 is 1.11 bits per heavy atom. The maximum Gasteiger partial charge on any atom is 0.133 e. The van der Waals surface area contributed by atoms with Crippen LogP contribution in [0.1, 0.15) is 50.7 Å². The van der Waals surface area contributed by atoms with Crippen LogP contribution in [-0.2, 0) is 17.6 Å². The van der Waals surface area contributed by atoms with Crippen LogP contribution in [0.4, 0.5) is 5.69 Å². The van der Waals surface area contributed by atoms with E-state index in [-0.39, 0.29) is 0 Å². The van der Waals surface area contributed by atoms with Gasteiger partial charge in [0.25, 0.3) is 0 Å². The van der Waals surface area contributed by atoms with Crippen molar-refractivity contribution in [2.45, 2.75) is 58.4 Å². The molecule has 1 aromatic rings. The molecule has 1 fully saturated rings. The van der Waals surface area contributed by atoms with E-state index in [0.29, 0.717) is 11.8 Å². The summed E-state index contributed by atoms with van der Waals surface area (Å²) in [6.45, 7) is 4.40. The highest BCUT2D eigenvalue weighted by molar-refractivity contribution is 5.79. The second-order valence-electron chi connectivity index (χ2n) is 5.12. The zero-order valence-electron chi connectivity index (χ0n) is 11.5. The number of ketones is 1. The number of aryl methyl sites for hydroxylation is 2. The molecule has 0 unspecified atom stereocenters. The van der Waals surface area contributed by atoms with Gasteiger partial charge in [0.05, 0.1) is 0 Å².